The van der Waals surface area contributed by atoms with Crippen molar-refractivity contribution in [2.75, 3.05) is 18.4 Å². The monoisotopic (exact) mass is 611 g/mol. The molecule has 0 aliphatic heterocycles. The number of ether oxygens (including phenoxy) is 2. The summed E-state index contributed by atoms with van der Waals surface area (Å²) < 4.78 is 10.2. The van der Waals surface area contributed by atoms with Crippen LogP contribution >= 0.6 is 0 Å². The highest BCUT2D eigenvalue weighted by atomic mass is 16.6. The van der Waals surface area contributed by atoms with Crippen LogP contribution < -0.4 is 26.7 Å². The van der Waals surface area contributed by atoms with Gasteiger partial charge in [-0.2, -0.15) is 0 Å². The minimum atomic E-state index is -1.27. The van der Waals surface area contributed by atoms with E-state index in [0.717, 1.165) is 0 Å². The van der Waals surface area contributed by atoms with Crippen molar-refractivity contribution >= 4 is 35.6 Å². The van der Waals surface area contributed by atoms with Crippen molar-refractivity contribution in [2.45, 2.75) is 66.2 Å². The molecule has 0 saturated heterocycles. The van der Waals surface area contributed by atoms with Crippen LogP contribution in [0, 0.1) is 11.8 Å². The molecule has 0 bridgehead atoms. The molecule has 1 atom stereocenters. The van der Waals surface area contributed by atoms with Gasteiger partial charge in [-0.05, 0) is 90.1 Å². The molecule has 0 heterocycles. The van der Waals surface area contributed by atoms with Crippen LogP contribution in [-0.2, 0) is 19.1 Å². The van der Waals surface area contributed by atoms with Gasteiger partial charge in [0.1, 0.15) is 23.8 Å². The number of amides is 5. The number of carbonyl (C=O) groups is 5. The Bertz CT molecular complexity index is 1370. The minimum Gasteiger partial charge on any atom is -0.444 e. The van der Waals surface area contributed by atoms with Crippen molar-refractivity contribution in [1.82, 2.24) is 21.4 Å². The number of anilines is 1. The van der Waals surface area contributed by atoms with Crippen LogP contribution in [0.2, 0.25) is 0 Å². The number of alkyl carbamates (subject to hydrolysis) is 2. The van der Waals surface area contributed by atoms with Gasteiger partial charge in [-0.1, -0.05) is 19.3 Å². The van der Waals surface area contributed by atoms with Crippen molar-refractivity contribution in [3.8, 4) is 11.8 Å². The number of nitrogens with one attached hydrogen (secondary N) is 5. The lowest BCUT2D eigenvalue weighted by atomic mass is 10.1. The summed E-state index contributed by atoms with van der Waals surface area (Å²) in [6, 6.07) is 11.8. The molecule has 0 radical (unpaired) electrons. The molecular weight excluding hydrogens is 570 g/mol. The third-order valence-electron chi connectivity index (χ3n) is 5.04. The normalized spacial score (nSPS) is 11.2. The molecule has 44 heavy (non-hydrogen) atoms. The first-order valence-electron chi connectivity index (χ1n) is 13.2. The zero-order valence-electron chi connectivity index (χ0n) is 24.9. The third-order valence-corrected chi connectivity index (χ3v) is 5.04. The molecule has 13 nitrogen and oxygen atoms in total. The average Bonchev–Trinajstić information content (AvgIpc) is 2.91. The summed E-state index contributed by atoms with van der Waals surface area (Å²) in [4.78, 5) is 60.3. The van der Waals surface area contributed by atoms with Crippen LogP contribution in [0.4, 0.5) is 15.3 Å². The van der Waals surface area contributed by atoms with Crippen molar-refractivity contribution < 1.29 is 38.7 Å². The molecule has 0 saturated carbocycles. The van der Waals surface area contributed by atoms with Crippen LogP contribution in [0.1, 0.15) is 70.5 Å². The molecule has 2 rings (SSSR count). The Hall–Kier alpha value is -5.09. The smallest absolute Gasteiger partial charge is 0.408 e. The zero-order valence-corrected chi connectivity index (χ0v) is 24.9. The maximum atomic E-state index is 12.7. The summed E-state index contributed by atoms with van der Waals surface area (Å²) in [6.45, 7) is 9.63. The van der Waals surface area contributed by atoms with E-state index in [0.29, 0.717) is 16.8 Å². The maximum absolute atomic E-state index is 12.7. The van der Waals surface area contributed by atoms with Gasteiger partial charge in [-0.3, -0.25) is 19.6 Å². The SMILES string of the molecule is C.CC(C)(C)OC(=O)NCC(=O)Nc1ccc(C#Cc2ccc(C(=O)N[C@@H](CNC(=O)OC(C)(C)C)C(=O)NO)cc2)cc1. The fourth-order valence-corrected chi connectivity index (χ4v) is 3.19. The first-order chi connectivity index (χ1) is 20.0. The van der Waals surface area contributed by atoms with E-state index in [4.69, 9.17) is 14.7 Å². The molecule has 13 heteroatoms. The van der Waals surface area contributed by atoms with Gasteiger partial charge in [0.2, 0.25) is 5.91 Å². The lowest BCUT2D eigenvalue weighted by molar-refractivity contribution is -0.131. The number of rotatable bonds is 8. The van der Waals surface area contributed by atoms with Gasteiger partial charge in [0.15, 0.2) is 0 Å². The Labute approximate surface area is 257 Å². The summed E-state index contributed by atoms with van der Waals surface area (Å²) in [7, 11) is 0. The van der Waals surface area contributed by atoms with Gasteiger partial charge in [-0.25, -0.2) is 15.1 Å². The maximum Gasteiger partial charge on any atom is 0.408 e. The quantitative estimate of drug-likeness (QED) is 0.149. The van der Waals surface area contributed by atoms with Gasteiger partial charge in [0, 0.05) is 22.4 Å². The van der Waals surface area contributed by atoms with Crippen LogP contribution in [0.5, 0.6) is 0 Å². The fourth-order valence-electron chi connectivity index (χ4n) is 3.19. The highest BCUT2D eigenvalue weighted by molar-refractivity contribution is 5.97. The molecule has 2 aromatic carbocycles. The zero-order chi connectivity index (χ0) is 32.2. The van der Waals surface area contributed by atoms with Crippen molar-refractivity contribution in [2.24, 2.45) is 0 Å². The Morgan fingerprint density at radius 2 is 1.25 bits per heavy atom. The fraction of sp³-hybridized carbons (Fsp3) is 0.387. The summed E-state index contributed by atoms with van der Waals surface area (Å²) in [6.07, 6.45) is -1.47. The van der Waals surface area contributed by atoms with Crippen LogP contribution in [-0.4, -0.2) is 65.4 Å². The second-order valence-corrected chi connectivity index (χ2v) is 11.2. The van der Waals surface area contributed by atoms with Gasteiger partial charge in [-0.15, -0.1) is 0 Å². The third kappa shape index (κ3) is 14.2. The second kappa shape index (κ2) is 16.5. The van der Waals surface area contributed by atoms with Crippen LogP contribution in [0.25, 0.3) is 0 Å². The Kier molecular flexibility index (Phi) is 13.9. The number of hydrogen-bond donors (Lipinski definition) is 6. The summed E-state index contributed by atoms with van der Waals surface area (Å²) in [5.41, 5.74) is 2.06. The molecule has 0 fully saturated rings. The summed E-state index contributed by atoms with van der Waals surface area (Å²) in [5, 5.41) is 18.9. The number of hydrogen-bond acceptors (Lipinski definition) is 8. The molecule has 0 aromatic heterocycles. The lowest BCUT2D eigenvalue weighted by Crippen LogP contribution is -2.52. The Morgan fingerprint density at radius 1 is 0.773 bits per heavy atom. The second-order valence-electron chi connectivity index (χ2n) is 11.2. The van der Waals surface area contributed by atoms with Crippen molar-refractivity contribution in [1.29, 1.82) is 0 Å². The standard InChI is InChI=1S/C30H37N5O8.CH4/c1-29(2,3)42-27(39)31-17-23(26(38)35-41)34-25(37)21-13-9-19(10-14-21)7-8-20-11-15-22(16-12-20)33-24(36)18-32-28(40)43-30(4,5)6;/h9-16,23,41H,17-18H2,1-6H3,(H,31,39)(H,32,40)(H,33,36)(H,34,37)(H,35,38);1H4/t23-;/m0./s1. The van der Waals surface area contributed by atoms with E-state index in [9.17, 15) is 24.0 Å². The van der Waals surface area contributed by atoms with Gasteiger partial charge < -0.3 is 30.7 Å². The molecule has 0 spiro atoms. The topological polar surface area (TPSA) is 184 Å². The highest BCUT2D eigenvalue weighted by Gasteiger charge is 2.24. The molecule has 0 unspecified atom stereocenters. The van der Waals surface area contributed by atoms with E-state index in [1.54, 1.807) is 77.9 Å². The van der Waals surface area contributed by atoms with E-state index in [2.05, 4.69) is 33.1 Å². The molecular formula is C31H41N5O8. The van der Waals surface area contributed by atoms with E-state index in [1.165, 1.54) is 17.6 Å². The van der Waals surface area contributed by atoms with E-state index >= 15 is 0 Å². The summed E-state index contributed by atoms with van der Waals surface area (Å²) in [5.74, 6) is 4.00. The van der Waals surface area contributed by atoms with Gasteiger partial charge in [0.05, 0.1) is 6.54 Å². The summed E-state index contributed by atoms with van der Waals surface area (Å²) >= 11 is 0. The van der Waals surface area contributed by atoms with Crippen LogP contribution in [0.15, 0.2) is 48.5 Å². The van der Waals surface area contributed by atoms with E-state index in [-0.39, 0.29) is 26.1 Å². The molecule has 5 amide bonds. The Balaban J connectivity index is 0.00000968. The lowest BCUT2D eigenvalue weighted by Gasteiger charge is -2.21. The Morgan fingerprint density at radius 3 is 1.73 bits per heavy atom. The number of carbonyl (C=O) groups excluding carboxylic acids is 5. The van der Waals surface area contributed by atoms with E-state index < -0.39 is 47.2 Å². The largest absolute Gasteiger partial charge is 0.444 e. The molecule has 0 aliphatic rings. The molecule has 6 N–H and O–H groups in total. The van der Waals surface area contributed by atoms with E-state index in [1.807, 2.05) is 0 Å². The van der Waals surface area contributed by atoms with Crippen LogP contribution in [0.3, 0.4) is 0 Å². The number of hydroxylamine groups is 1. The molecule has 0 aliphatic carbocycles. The van der Waals surface area contributed by atoms with Crippen molar-refractivity contribution in [3.63, 3.8) is 0 Å². The van der Waals surface area contributed by atoms with Gasteiger partial charge in [0.25, 0.3) is 11.8 Å². The molecule has 238 valence electrons. The van der Waals surface area contributed by atoms with Crippen molar-refractivity contribution in [3.05, 3.63) is 65.2 Å². The highest BCUT2D eigenvalue weighted by Crippen LogP contribution is 2.10. The number of benzene rings is 2. The first kappa shape index (κ1) is 36.9. The molecule has 2 aromatic rings. The first-order valence-corrected chi connectivity index (χ1v) is 13.2. The van der Waals surface area contributed by atoms with Gasteiger partial charge >= 0.3 is 12.2 Å². The predicted octanol–water partition coefficient (Wildman–Crippen LogP) is 3.31. The average molecular weight is 612 g/mol. The minimum absolute atomic E-state index is 0. The predicted molar refractivity (Wildman–Crippen MR) is 164 cm³/mol.